The van der Waals surface area contributed by atoms with Gasteiger partial charge in [0.05, 0.1) is 13.2 Å². The third kappa shape index (κ3) is 4.58. The van der Waals surface area contributed by atoms with Gasteiger partial charge in [0.2, 0.25) is 0 Å². The van der Waals surface area contributed by atoms with Crippen molar-refractivity contribution in [3.8, 4) is 0 Å². The molecular weight excluding hydrogens is 192 g/mol. The minimum absolute atomic E-state index is 0.0874. The first kappa shape index (κ1) is 12.4. The number of hydrogen-bond donors (Lipinski definition) is 0. The molecule has 0 spiro atoms. The molecule has 15 heavy (non-hydrogen) atoms. The summed E-state index contributed by atoms with van der Waals surface area (Å²) in [7, 11) is 0. The summed E-state index contributed by atoms with van der Waals surface area (Å²) >= 11 is 0. The van der Waals surface area contributed by atoms with Crippen LogP contribution in [0.4, 0.5) is 0 Å². The van der Waals surface area contributed by atoms with Crippen LogP contribution in [0.25, 0.3) is 0 Å². The lowest BCUT2D eigenvalue weighted by atomic mass is 9.94. The second-order valence-corrected chi connectivity index (χ2v) is 3.92. The number of ketones is 1. The van der Waals surface area contributed by atoms with Gasteiger partial charge in [-0.1, -0.05) is 6.08 Å². The largest absolute Gasteiger partial charge is 0.350 e. The average Bonchev–Trinajstić information content (AvgIpc) is 2.70. The van der Waals surface area contributed by atoms with Gasteiger partial charge in [-0.3, -0.25) is 4.79 Å². The van der Waals surface area contributed by atoms with Gasteiger partial charge >= 0.3 is 0 Å². The lowest BCUT2D eigenvalue weighted by molar-refractivity contribution is -0.121. The van der Waals surface area contributed by atoms with E-state index in [2.05, 4.69) is 6.58 Å². The lowest BCUT2D eigenvalue weighted by Gasteiger charge is -2.15. The fraction of sp³-hybridized carbons (Fsp3) is 0.750. The molecule has 0 bridgehead atoms. The van der Waals surface area contributed by atoms with Crippen LogP contribution in [0, 0.1) is 5.92 Å². The normalized spacial score (nSPS) is 19.0. The molecule has 0 aliphatic carbocycles. The van der Waals surface area contributed by atoms with Crippen molar-refractivity contribution in [1.29, 1.82) is 0 Å². The van der Waals surface area contributed by atoms with Crippen LogP contribution < -0.4 is 0 Å². The summed E-state index contributed by atoms with van der Waals surface area (Å²) in [6.07, 6.45) is 5.24. The van der Waals surface area contributed by atoms with Crippen molar-refractivity contribution in [3.05, 3.63) is 12.7 Å². The molecule has 0 saturated carbocycles. The summed E-state index contributed by atoms with van der Waals surface area (Å²) in [5, 5.41) is 0. The van der Waals surface area contributed by atoms with Crippen molar-refractivity contribution < 1.29 is 14.3 Å². The highest BCUT2D eigenvalue weighted by molar-refractivity contribution is 5.78. The number of allylic oxidation sites excluding steroid dienone is 1. The van der Waals surface area contributed by atoms with Crippen molar-refractivity contribution in [2.45, 2.75) is 38.9 Å². The van der Waals surface area contributed by atoms with Crippen molar-refractivity contribution in [3.63, 3.8) is 0 Å². The fourth-order valence-electron chi connectivity index (χ4n) is 1.78. The van der Waals surface area contributed by atoms with Crippen LogP contribution in [-0.4, -0.2) is 25.3 Å². The van der Waals surface area contributed by atoms with Crippen LogP contribution in [0.3, 0.4) is 0 Å². The lowest BCUT2D eigenvalue weighted by Crippen LogP contribution is -2.15. The Morgan fingerprint density at radius 1 is 1.47 bits per heavy atom. The van der Waals surface area contributed by atoms with E-state index >= 15 is 0 Å². The van der Waals surface area contributed by atoms with Gasteiger partial charge in [-0.05, 0) is 32.6 Å². The maximum absolute atomic E-state index is 11.3. The summed E-state index contributed by atoms with van der Waals surface area (Å²) in [5.41, 5.74) is 0. The maximum atomic E-state index is 11.3. The van der Waals surface area contributed by atoms with Crippen molar-refractivity contribution in [2.75, 3.05) is 13.2 Å². The number of carbonyl (C=O) groups is 1. The molecule has 0 aromatic heterocycles. The third-order valence-electron chi connectivity index (χ3n) is 2.74. The third-order valence-corrected chi connectivity index (χ3v) is 2.74. The van der Waals surface area contributed by atoms with E-state index in [9.17, 15) is 4.79 Å². The Balaban J connectivity index is 2.23. The first-order valence-electron chi connectivity index (χ1n) is 5.58. The molecule has 1 aliphatic rings. The molecule has 1 fully saturated rings. The molecule has 1 unspecified atom stereocenters. The molecule has 86 valence electrons. The SMILES string of the molecule is C=CCCC(CCC1OCCO1)C(C)=O. The molecule has 1 aliphatic heterocycles. The molecule has 1 atom stereocenters. The first-order valence-corrected chi connectivity index (χ1v) is 5.58. The Bertz CT molecular complexity index is 207. The fourth-order valence-corrected chi connectivity index (χ4v) is 1.78. The van der Waals surface area contributed by atoms with E-state index in [1.54, 1.807) is 6.92 Å². The Hall–Kier alpha value is -0.670. The van der Waals surface area contributed by atoms with E-state index in [0.717, 1.165) is 25.7 Å². The summed E-state index contributed by atoms with van der Waals surface area (Å²) in [5.74, 6) is 0.394. The van der Waals surface area contributed by atoms with Gasteiger partial charge in [0.1, 0.15) is 5.78 Å². The Morgan fingerprint density at radius 3 is 2.67 bits per heavy atom. The molecule has 1 heterocycles. The maximum Gasteiger partial charge on any atom is 0.157 e. The smallest absolute Gasteiger partial charge is 0.157 e. The van der Waals surface area contributed by atoms with Gasteiger partial charge in [-0.2, -0.15) is 0 Å². The van der Waals surface area contributed by atoms with Crippen molar-refractivity contribution in [2.24, 2.45) is 5.92 Å². The molecule has 3 heteroatoms. The molecule has 3 nitrogen and oxygen atoms in total. The highest BCUT2D eigenvalue weighted by atomic mass is 16.7. The molecule has 0 aromatic carbocycles. The van der Waals surface area contributed by atoms with Crippen LogP contribution in [-0.2, 0) is 14.3 Å². The van der Waals surface area contributed by atoms with Crippen LogP contribution >= 0.6 is 0 Å². The zero-order chi connectivity index (χ0) is 11.1. The highest BCUT2D eigenvalue weighted by Gasteiger charge is 2.20. The van der Waals surface area contributed by atoms with E-state index in [1.807, 2.05) is 6.08 Å². The Morgan fingerprint density at radius 2 is 2.13 bits per heavy atom. The second kappa shape index (κ2) is 6.75. The van der Waals surface area contributed by atoms with Crippen molar-refractivity contribution >= 4 is 5.78 Å². The van der Waals surface area contributed by atoms with E-state index in [-0.39, 0.29) is 18.0 Å². The number of Topliss-reactive ketones (excluding diaryl/α,β-unsaturated/α-hetero) is 1. The molecule has 0 amide bonds. The average molecular weight is 212 g/mol. The Labute approximate surface area is 91.4 Å². The zero-order valence-corrected chi connectivity index (χ0v) is 9.41. The quantitative estimate of drug-likeness (QED) is 0.607. The zero-order valence-electron chi connectivity index (χ0n) is 9.41. The van der Waals surface area contributed by atoms with Gasteiger partial charge in [-0.25, -0.2) is 0 Å². The van der Waals surface area contributed by atoms with Gasteiger partial charge in [-0.15, -0.1) is 6.58 Å². The van der Waals surface area contributed by atoms with Gasteiger partial charge in [0.15, 0.2) is 6.29 Å². The minimum Gasteiger partial charge on any atom is -0.350 e. The number of ether oxygens (including phenoxy) is 2. The van der Waals surface area contributed by atoms with E-state index in [1.165, 1.54) is 0 Å². The van der Waals surface area contributed by atoms with Crippen LogP contribution in [0.5, 0.6) is 0 Å². The van der Waals surface area contributed by atoms with Crippen LogP contribution in [0.1, 0.15) is 32.6 Å². The number of rotatable bonds is 7. The van der Waals surface area contributed by atoms with Crippen LogP contribution in [0.2, 0.25) is 0 Å². The van der Waals surface area contributed by atoms with Crippen molar-refractivity contribution in [1.82, 2.24) is 0 Å². The molecule has 0 radical (unpaired) electrons. The van der Waals surface area contributed by atoms with Gasteiger partial charge < -0.3 is 9.47 Å². The monoisotopic (exact) mass is 212 g/mol. The van der Waals surface area contributed by atoms with E-state index in [4.69, 9.17) is 9.47 Å². The van der Waals surface area contributed by atoms with Gasteiger partial charge in [0.25, 0.3) is 0 Å². The number of hydrogen-bond acceptors (Lipinski definition) is 3. The summed E-state index contributed by atoms with van der Waals surface area (Å²) in [6.45, 7) is 6.69. The second-order valence-electron chi connectivity index (χ2n) is 3.92. The number of carbonyl (C=O) groups excluding carboxylic acids is 1. The molecular formula is C12H20O3. The molecule has 1 rings (SSSR count). The predicted molar refractivity (Wildman–Crippen MR) is 58.5 cm³/mol. The standard InChI is InChI=1S/C12H20O3/c1-3-4-5-11(10(2)13)6-7-12-14-8-9-15-12/h3,11-12H,1,4-9H2,2H3. The molecule has 0 N–H and O–H groups in total. The first-order chi connectivity index (χ1) is 7.24. The Kier molecular flexibility index (Phi) is 5.58. The summed E-state index contributed by atoms with van der Waals surface area (Å²) < 4.78 is 10.7. The topological polar surface area (TPSA) is 35.5 Å². The highest BCUT2D eigenvalue weighted by Crippen LogP contribution is 2.19. The minimum atomic E-state index is -0.0874. The molecule has 1 saturated heterocycles. The summed E-state index contributed by atoms with van der Waals surface area (Å²) in [6, 6.07) is 0. The van der Waals surface area contributed by atoms with E-state index in [0.29, 0.717) is 13.2 Å². The summed E-state index contributed by atoms with van der Waals surface area (Å²) in [4.78, 5) is 11.3. The van der Waals surface area contributed by atoms with Gasteiger partial charge in [0, 0.05) is 5.92 Å². The van der Waals surface area contributed by atoms with Crippen LogP contribution in [0.15, 0.2) is 12.7 Å². The molecule has 0 aromatic rings. The predicted octanol–water partition coefficient (Wildman–Crippen LogP) is 2.31. The van der Waals surface area contributed by atoms with E-state index < -0.39 is 0 Å².